The molecule has 472 valence electrons. The molecule has 0 radical (unpaired) electrons. The Labute approximate surface area is 495 Å². The van der Waals surface area contributed by atoms with E-state index in [4.69, 9.17) is 14.5 Å². The number of fused-ring (bicyclic) bond motifs is 2. The number of rotatable bonds is 28. The smallest absolute Gasteiger partial charge is 0.294 e. The molecule has 2 aliphatic heterocycles. The summed E-state index contributed by atoms with van der Waals surface area (Å²) in [7, 11) is -4.66. The van der Waals surface area contributed by atoms with Crippen LogP contribution in [0.25, 0.3) is 44.8 Å². The summed E-state index contributed by atoms with van der Waals surface area (Å²) in [5.74, 6) is 0.246. The number of hydrogen-bond acceptors (Lipinski definition) is 22. The first kappa shape index (κ1) is 66.3. The van der Waals surface area contributed by atoms with Crippen LogP contribution in [-0.2, 0) is 56.7 Å². The van der Waals surface area contributed by atoms with Crippen LogP contribution in [0, 0.1) is 32.1 Å². The maximum atomic E-state index is 13.8. The molecule has 4 aromatic heterocycles. The van der Waals surface area contributed by atoms with E-state index in [2.05, 4.69) is 34.8 Å². The maximum Gasteiger partial charge on any atom is 0.294 e. The molecule has 2 fully saturated rings. The molecule has 0 spiro atoms. The molecule has 32 heteroatoms. The van der Waals surface area contributed by atoms with E-state index in [1.54, 1.807) is 27.1 Å². The van der Waals surface area contributed by atoms with Crippen molar-refractivity contribution in [1.82, 2.24) is 48.1 Å². The Morgan fingerprint density at radius 2 is 0.977 bits per heavy atom. The monoisotopic (exact) mass is 1240 g/mol. The van der Waals surface area contributed by atoms with Gasteiger partial charge in [-0.3, -0.25) is 19.0 Å². The summed E-state index contributed by atoms with van der Waals surface area (Å²) in [5.41, 5.74) is -0.199. The predicted octanol–water partition coefficient (Wildman–Crippen LogP) is 3.57. The lowest BCUT2D eigenvalue weighted by Gasteiger charge is -2.41. The molecule has 2 aliphatic rings. The molecular formula is C54H76N12O18S2. The molecule has 6 N–H and O–H groups in total. The van der Waals surface area contributed by atoms with E-state index in [0.29, 0.717) is 82.8 Å². The standard InChI is InChI=1S/C27H37N7O11S.C27H39N5O7S/c1-4-6-21-23-24(31(3)30-21)26(35)29-25(28-23)20-17-19(7-8-22(20)43-5-2)46(41,42)32-13-9-18(10-14-32)27(36,11-15-44-33(37)38)12-16-45-34(39)40;1-4-6-21-23-24(31(3)30-21)26(35)29-25(28-23)20-17-19(7-8-22(20)39-5-2)40(37,38)32-13-9-18(10-14-32)27(36,11-15-33)12-16-34/h7-8,17-18,36H,4-6,9-16H2,1-3H3,(H,28,29,35);7-8,17-18,33-34,36H,4-6,9-16H2,1-3H3,(H,28,29,35). The lowest BCUT2D eigenvalue weighted by atomic mass is 9.77. The number of aliphatic hydroxyl groups is 4. The van der Waals surface area contributed by atoms with Gasteiger partial charge in [-0.05, 0) is 113 Å². The highest BCUT2D eigenvalue weighted by Gasteiger charge is 2.42. The van der Waals surface area contributed by atoms with Crippen molar-refractivity contribution in [3.63, 3.8) is 0 Å². The summed E-state index contributed by atoms with van der Waals surface area (Å²) in [6.07, 6.45) is 3.80. The van der Waals surface area contributed by atoms with Crippen LogP contribution in [0.3, 0.4) is 0 Å². The van der Waals surface area contributed by atoms with Crippen molar-refractivity contribution >= 4 is 42.1 Å². The van der Waals surface area contributed by atoms with Crippen molar-refractivity contribution in [1.29, 1.82) is 0 Å². The van der Waals surface area contributed by atoms with E-state index in [9.17, 15) is 67.1 Å². The Hall–Kier alpha value is -7.20. The number of aliphatic hydroxyl groups excluding tert-OH is 2. The lowest BCUT2D eigenvalue weighted by molar-refractivity contribution is -0.759. The molecule has 0 saturated carbocycles. The fraction of sp³-hybridized carbons (Fsp3) is 0.593. The van der Waals surface area contributed by atoms with Gasteiger partial charge in [-0.1, -0.05) is 26.7 Å². The Morgan fingerprint density at radius 3 is 1.30 bits per heavy atom. The van der Waals surface area contributed by atoms with E-state index < -0.39 is 66.1 Å². The molecule has 30 nitrogen and oxygen atoms in total. The third-order valence-corrected chi connectivity index (χ3v) is 19.6. The summed E-state index contributed by atoms with van der Waals surface area (Å²) in [4.78, 5) is 70.9. The molecule has 2 saturated heterocycles. The average Bonchev–Trinajstić information content (AvgIpc) is 1.47. The molecule has 0 amide bonds. The van der Waals surface area contributed by atoms with Crippen molar-refractivity contribution < 1.29 is 66.6 Å². The summed E-state index contributed by atoms with van der Waals surface area (Å²) in [6, 6.07) is 8.82. The number of nitrogens with zero attached hydrogens (tertiary/aromatic N) is 10. The Morgan fingerprint density at radius 1 is 0.616 bits per heavy atom. The predicted molar refractivity (Wildman–Crippen MR) is 311 cm³/mol. The fourth-order valence-corrected chi connectivity index (χ4v) is 14.4. The van der Waals surface area contributed by atoms with E-state index in [-0.39, 0.29) is 123 Å². The Balaban J connectivity index is 0.000000248. The average molecular weight is 1250 g/mol. The van der Waals surface area contributed by atoms with Gasteiger partial charge in [0.1, 0.15) is 34.2 Å². The summed E-state index contributed by atoms with van der Waals surface area (Å²) in [6.45, 7) is 7.23. The summed E-state index contributed by atoms with van der Waals surface area (Å²) >= 11 is 0. The number of ether oxygens (including phenoxy) is 2. The van der Waals surface area contributed by atoms with Gasteiger partial charge in [-0.25, -0.2) is 26.8 Å². The van der Waals surface area contributed by atoms with Crippen LogP contribution in [0.15, 0.2) is 55.8 Å². The zero-order valence-corrected chi connectivity index (χ0v) is 50.6. The number of nitrogens with one attached hydrogen (secondary N) is 2. The third kappa shape index (κ3) is 14.8. The van der Waals surface area contributed by atoms with E-state index in [1.807, 2.05) is 20.8 Å². The van der Waals surface area contributed by atoms with E-state index >= 15 is 0 Å². The van der Waals surface area contributed by atoms with Crippen molar-refractivity contribution in [2.45, 2.75) is 126 Å². The lowest BCUT2D eigenvalue weighted by Crippen LogP contribution is -2.48. The van der Waals surface area contributed by atoms with Gasteiger partial charge < -0.3 is 49.5 Å². The van der Waals surface area contributed by atoms with Crippen LogP contribution in [0.4, 0.5) is 0 Å². The van der Waals surface area contributed by atoms with Crippen molar-refractivity contribution in [3.8, 4) is 34.3 Å². The van der Waals surface area contributed by atoms with Gasteiger partial charge >= 0.3 is 0 Å². The maximum absolute atomic E-state index is 13.8. The van der Waals surface area contributed by atoms with Gasteiger partial charge in [0.05, 0.1) is 69.9 Å². The van der Waals surface area contributed by atoms with Crippen LogP contribution in [-0.4, -0.2) is 173 Å². The number of aromatic amines is 2. The highest BCUT2D eigenvalue weighted by atomic mass is 32.2. The minimum Gasteiger partial charge on any atom is -0.493 e. The minimum absolute atomic E-state index is 0.00114. The van der Waals surface area contributed by atoms with Crippen LogP contribution in [0.2, 0.25) is 0 Å². The SMILES string of the molecule is CCCc1nn(C)c2c(=O)[nH]c(-c3cc(S(=O)(=O)N4CCC(C(O)(CCO)CCO)CC4)ccc3OCC)nc12.CCCc1nn(C)c2c(=O)[nH]c(-c3cc(S(=O)(=O)N4CCC(C(O)(CCO[N+](=O)[O-])CCO[N+](=O)[O-])CC4)ccc3OCC)nc12. The van der Waals surface area contributed by atoms with Crippen LogP contribution in [0.5, 0.6) is 11.5 Å². The molecule has 86 heavy (non-hydrogen) atoms. The number of aryl methyl sites for hydroxylation is 4. The number of hydrogen-bond donors (Lipinski definition) is 6. The molecule has 6 aromatic rings. The summed E-state index contributed by atoms with van der Waals surface area (Å²) < 4.78 is 72.2. The number of piperidine rings is 2. The molecule has 6 heterocycles. The van der Waals surface area contributed by atoms with Gasteiger partial charge in [0.15, 0.2) is 11.0 Å². The van der Waals surface area contributed by atoms with E-state index in [0.717, 1.165) is 12.8 Å². The first-order valence-electron chi connectivity index (χ1n) is 28.6. The normalized spacial score (nSPS) is 15.2. The molecule has 2 aromatic carbocycles. The van der Waals surface area contributed by atoms with Gasteiger partial charge in [0, 0.05) is 66.3 Å². The zero-order chi connectivity index (χ0) is 62.7. The topological polar surface area (TPSA) is 406 Å². The van der Waals surface area contributed by atoms with Crippen molar-refractivity contribution in [3.05, 3.63) is 88.7 Å². The second kappa shape index (κ2) is 28.5. The summed E-state index contributed by atoms with van der Waals surface area (Å²) in [5, 5.41) is 69.3. The van der Waals surface area contributed by atoms with Gasteiger partial charge in [0.2, 0.25) is 20.0 Å². The fourth-order valence-electron chi connectivity index (χ4n) is 11.4. The molecule has 0 unspecified atom stereocenters. The molecule has 0 atom stereocenters. The third-order valence-electron chi connectivity index (χ3n) is 15.8. The van der Waals surface area contributed by atoms with Crippen LogP contribution in [0.1, 0.15) is 103 Å². The minimum atomic E-state index is -4.08. The second-order valence-corrected chi connectivity index (χ2v) is 25.0. The highest BCUT2D eigenvalue weighted by Crippen LogP contribution is 2.39. The van der Waals surface area contributed by atoms with E-state index in [1.165, 1.54) is 48.3 Å². The van der Waals surface area contributed by atoms with Crippen LogP contribution < -0.4 is 20.6 Å². The number of H-pyrrole nitrogens is 2. The van der Waals surface area contributed by atoms with Crippen LogP contribution >= 0.6 is 0 Å². The number of aromatic nitrogens is 8. The number of sulfonamides is 2. The number of benzene rings is 2. The first-order valence-corrected chi connectivity index (χ1v) is 31.5. The molecular weight excluding hydrogens is 1170 g/mol. The van der Waals surface area contributed by atoms with Crippen molar-refractivity contribution in [2.24, 2.45) is 25.9 Å². The largest absolute Gasteiger partial charge is 0.493 e. The highest BCUT2D eigenvalue weighted by molar-refractivity contribution is 7.89. The van der Waals surface area contributed by atoms with Crippen molar-refractivity contribution in [2.75, 3.05) is 65.8 Å². The van der Waals surface area contributed by atoms with Gasteiger partial charge in [-0.15, -0.1) is 20.2 Å². The molecule has 8 rings (SSSR count). The van der Waals surface area contributed by atoms with Gasteiger partial charge in [0.25, 0.3) is 21.3 Å². The molecule has 0 bridgehead atoms. The zero-order valence-electron chi connectivity index (χ0n) is 49.0. The van der Waals surface area contributed by atoms with Gasteiger partial charge in [-0.2, -0.15) is 18.8 Å². The quantitative estimate of drug-likeness (QED) is 0.0302. The molecule has 0 aliphatic carbocycles. The Kier molecular flexibility index (Phi) is 22.0. The Bertz CT molecular complexity index is 3680. The second-order valence-electron chi connectivity index (χ2n) is 21.2. The first-order chi connectivity index (χ1) is 40.9.